The zero-order valence-corrected chi connectivity index (χ0v) is 14.3. The number of hydrogen-bond donors (Lipinski definition) is 3. The van der Waals surface area contributed by atoms with E-state index in [1.54, 1.807) is 18.2 Å². The van der Waals surface area contributed by atoms with Crippen molar-refractivity contribution in [3.63, 3.8) is 0 Å². The average Bonchev–Trinajstić information content (AvgIpc) is 2.90. The first-order valence-corrected chi connectivity index (χ1v) is 8.87. The van der Waals surface area contributed by atoms with Gasteiger partial charge in [-0.2, -0.15) is 0 Å². The maximum atomic E-state index is 12.3. The maximum absolute atomic E-state index is 12.3. The normalized spacial score (nSPS) is 11.6. The highest BCUT2D eigenvalue weighted by Gasteiger charge is 2.16. The van der Waals surface area contributed by atoms with Crippen molar-refractivity contribution < 1.29 is 8.42 Å². The number of H-pyrrole nitrogens is 1. The Kier molecular flexibility index (Phi) is 5.08. The molecule has 2 aromatic rings. The van der Waals surface area contributed by atoms with E-state index in [9.17, 15) is 8.42 Å². The molecular formula is C14H18BrN3O2S. The first-order valence-electron chi connectivity index (χ1n) is 6.59. The Morgan fingerprint density at radius 2 is 2.05 bits per heavy atom. The molecule has 2 rings (SSSR count). The summed E-state index contributed by atoms with van der Waals surface area (Å²) in [5.74, 6) is 0. The smallest absolute Gasteiger partial charge is 0.263 e. The molecule has 0 bridgehead atoms. The summed E-state index contributed by atoms with van der Waals surface area (Å²) >= 11 is 3.39. The Hall–Kier alpha value is -1.31. The van der Waals surface area contributed by atoms with Gasteiger partial charge in [-0.25, -0.2) is 8.42 Å². The molecule has 0 amide bonds. The third kappa shape index (κ3) is 4.09. The van der Waals surface area contributed by atoms with Crippen LogP contribution in [0.2, 0.25) is 0 Å². The maximum Gasteiger partial charge on any atom is 0.263 e. The summed E-state index contributed by atoms with van der Waals surface area (Å²) in [5, 5.41) is 3.14. The predicted octanol–water partition coefficient (Wildman–Crippen LogP) is 3.00. The van der Waals surface area contributed by atoms with Crippen LogP contribution in [0.15, 0.2) is 39.8 Å². The molecule has 0 aliphatic carbocycles. The van der Waals surface area contributed by atoms with Crippen molar-refractivity contribution >= 4 is 31.6 Å². The first-order chi connectivity index (χ1) is 9.92. The topological polar surface area (TPSA) is 74.0 Å². The van der Waals surface area contributed by atoms with Crippen molar-refractivity contribution in [3.05, 3.63) is 46.2 Å². The van der Waals surface area contributed by atoms with Crippen molar-refractivity contribution in [2.75, 3.05) is 11.3 Å². The summed E-state index contributed by atoms with van der Waals surface area (Å²) in [6.45, 7) is 5.35. The minimum Gasteiger partial charge on any atom is -0.363 e. The number of aromatic nitrogens is 1. The summed E-state index contributed by atoms with van der Waals surface area (Å²) in [4.78, 5) is 3.20. The molecule has 21 heavy (non-hydrogen) atoms. The summed E-state index contributed by atoms with van der Waals surface area (Å²) in [7, 11) is -3.57. The molecule has 114 valence electrons. The zero-order valence-electron chi connectivity index (χ0n) is 11.9. The Bertz CT molecular complexity index is 726. The molecule has 0 aliphatic heterocycles. The van der Waals surface area contributed by atoms with Crippen molar-refractivity contribution in [1.82, 2.24) is 10.3 Å². The highest BCUT2D eigenvalue weighted by atomic mass is 79.9. The molecular weight excluding hydrogens is 354 g/mol. The van der Waals surface area contributed by atoms with Crippen LogP contribution in [0.25, 0.3) is 0 Å². The van der Waals surface area contributed by atoms with Gasteiger partial charge in [-0.1, -0.05) is 22.9 Å². The van der Waals surface area contributed by atoms with Crippen LogP contribution in [-0.4, -0.2) is 19.9 Å². The lowest BCUT2D eigenvalue weighted by atomic mass is 10.2. The van der Waals surface area contributed by atoms with E-state index in [-0.39, 0.29) is 4.90 Å². The molecule has 1 heterocycles. The largest absolute Gasteiger partial charge is 0.363 e. The average molecular weight is 372 g/mol. The third-order valence-electron chi connectivity index (χ3n) is 3.00. The van der Waals surface area contributed by atoms with Crippen LogP contribution in [-0.2, 0) is 16.6 Å². The molecule has 0 unspecified atom stereocenters. The SMILES string of the molecule is CCNCc1cc(S(=O)(=O)Nc2ccc(Br)c(C)c2)c[nH]1. The number of sulfonamides is 1. The van der Waals surface area contributed by atoms with Gasteiger partial charge in [0.15, 0.2) is 0 Å². The first kappa shape index (κ1) is 16.1. The van der Waals surface area contributed by atoms with Crippen molar-refractivity contribution in [1.29, 1.82) is 0 Å². The van der Waals surface area contributed by atoms with E-state index in [1.807, 2.05) is 19.9 Å². The molecule has 0 fully saturated rings. The molecule has 7 heteroatoms. The molecule has 0 aliphatic rings. The highest BCUT2D eigenvalue weighted by Crippen LogP contribution is 2.22. The Labute approximate surface area is 133 Å². The molecule has 3 N–H and O–H groups in total. The van der Waals surface area contributed by atoms with E-state index in [0.717, 1.165) is 22.3 Å². The van der Waals surface area contributed by atoms with Crippen molar-refractivity contribution in [3.8, 4) is 0 Å². The minimum atomic E-state index is -3.57. The lowest BCUT2D eigenvalue weighted by molar-refractivity contribution is 0.601. The summed E-state index contributed by atoms with van der Waals surface area (Å²) in [6.07, 6.45) is 1.50. The summed E-state index contributed by atoms with van der Waals surface area (Å²) in [6, 6.07) is 6.96. The van der Waals surface area contributed by atoms with E-state index in [1.165, 1.54) is 6.20 Å². The Morgan fingerprint density at radius 1 is 1.29 bits per heavy atom. The van der Waals surface area contributed by atoms with Crippen molar-refractivity contribution in [2.45, 2.75) is 25.3 Å². The van der Waals surface area contributed by atoms with Crippen LogP contribution in [0.1, 0.15) is 18.2 Å². The molecule has 0 radical (unpaired) electrons. The van der Waals surface area contributed by atoms with E-state index >= 15 is 0 Å². The standard InChI is InChI=1S/C14H18BrN3O2S/c1-3-16-8-12-7-13(9-17-12)21(19,20)18-11-4-5-14(15)10(2)6-11/h4-7,9,16-18H,3,8H2,1-2H3. The molecule has 0 atom stereocenters. The Balaban J connectivity index is 2.17. The van der Waals surface area contributed by atoms with Crippen LogP contribution in [0.4, 0.5) is 5.69 Å². The van der Waals surface area contributed by atoms with Crippen molar-refractivity contribution in [2.24, 2.45) is 0 Å². The van der Waals surface area contributed by atoms with E-state index in [0.29, 0.717) is 12.2 Å². The van der Waals surface area contributed by atoms with E-state index in [2.05, 4.69) is 31.0 Å². The number of aromatic amines is 1. The minimum absolute atomic E-state index is 0.232. The van der Waals surface area contributed by atoms with Gasteiger partial charge in [0.2, 0.25) is 0 Å². The van der Waals surface area contributed by atoms with Gasteiger partial charge in [-0.05, 0) is 43.3 Å². The number of aryl methyl sites for hydroxylation is 1. The third-order valence-corrected chi connectivity index (χ3v) is 5.25. The number of halogens is 1. The van der Waals surface area contributed by atoms with Gasteiger partial charge in [0, 0.05) is 28.6 Å². The van der Waals surface area contributed by atoms with E-state index in [4.69, 9.17) is 0 Å². The number of benzene rings is 1. The number of nitrogens with one attached hydrogen (secondary N) is 3. The highest BCUT2D eigenvalue weighted by molar-refractivity contribution is 9.10. The monoisotopic (exact) mass is 371 g/mol. The van der Waals surface area contributed by atoms with Gasteiger partial charge in [0.25, 0.3) is 10.0 Å². The Morgan fingerprint density at radius 3 is 2.71 bits per heavy atom. The van der Waals surface area contributed by atoms with Crippen LogP contribution in [0, 0.1) is 6.92 Å². The number of hydrogen-bond acceptors (Lipinski definition) is 3. The lowest BCUT2D eigenvalue weighted by Gasteiger charge is -2.08. The van der Waals surface area contributed by atoms with Crippen LogP contribution in [0.3, 0.4) is 0 Å². The van der Waals surface area contributed by atoms with Gasteiger partial charge >= 0.3 is 0 Å². The van der Waals surface area contributed by atoms with E-state index < -0.39 is 10.0 Å². The molecule has 1 aromatic heterocycles. The fourth-order valence-electron chi connectivity index (χ4n) is 1.86. The number of rotatable bonds is 6. The predicted molar refractivity (Wildman–Crippen MR) is 87.9 cm³/mol. The number of anilines is 1. The fraction of sp³-hybridized carbons (Fsp3) is 0.286. The fourth-order valence-corrected chi connectivity index (χ4v) is 3.17. The second-order valence-corrected chi connectivity index (χ2v) is 7.25. The van der Waals surface area contributed by atoms with Crippen LogP contribution in [0.5, 0.6) is 0 Å². The molecule has 5 nitrogen and oxygen atoms in total. The van der Waals surface area contributed by atoms with Crippen LogP contribution < -0.4 is 10.0 Å². The van der Waals surface area contributed by atoms with Gasteiger partial charge < -0.3 is 10.3 Å². The van der Waals surface area contributed by atoms with Crippen LogP contribution >= 0.6 is 15.9 Å². The lowest BCUT2D eigenvalue weighted by Crippen LogP contribution is -2.13. The molecule has 1 aromatic carbocycles. The van der Waals surface area contributed by atoms with Gasteiger partial charge in [0.1, 0.15) is 4.90 Å². The summed E-state index contributed by atoms with van der Waals surface area (Å²) in [5.41, 5.74) is 2.35. The second-order valence-electron chi connectivity index (χ2n) is 4.71. The van der Waals surface area contributed by atoms with Gasteiger partial charge in [-0.3, -0.25) is 4.72 Å². The quantitative estimate of drug-likeness (QED) is 0.730. The van der Waals surface area contributed by atoms with Gasteiger partial charge in [0.05, 0.1) is 0 Å². The second kappa shape index (κ2) is 6.64. The summed E-state index contributed by atoms with van der Waals surface area (Å²) < 4.78 is 28.2. The van der Waals surface area contributed by atoms with Gasteiger partial charge in [-0.15, -0.1) is 0 Å². The molecule has 0 saturated carbocycles. The molecule has 0 spiro atoms. The molecule has 0 saturated heterocycles. The zero-order chi connectivity index (χ0) is 15.5.